The predicted octanol–water partition coefficient (Wildman–Crippen LogP) is 1.83. The molecule has 0 atom stereocenters. The Kier molecular flexibility index (Phi) is 4.24. The molecular formula is C7H22OSi3. The third kappa shape index (κ3) is 6.99. The maximum absolute atomic E-state index is 6.17. The minimum Gasteiger partial charge on any atom is -0.456 e. The molecule has 0 saturated heterocycles. The average molecular weight is 207 g/mol. The third-order valence-electron chi connectivity index (χ3n) is 1.43. The molecule has 0 aromatic heterocycles. The highest BCUT2D eigenvalue weighted by atomic mass is 28.4. The fourth-order valence-electron chi connectivity index (χ4n) is 1.48. The number of hydrogen-bond donors (Lipinski definition) is 0. The highest BCUT2D eigenvalue weighted by Crippen LogP contribution is 2.18. The van der Waals surface area contributed by atoms with Gasteiger partial charge in [0.15, 0.2) is 16.6 Å². The van der Waals surface area contributed by atoms with Gasteiger partial charge in [-0.05, 0) is 38.8 Å². The summed E-state index contributed by atoms with van der Waals surface area (Å²) in [6.07, 6.45) is 0. The maximum Gasteiger partial charge on any atom is 0.173 e. The average Bonchev–Trinajstić information content (AvgIpc) is 1.55. The summed E-state index contributed by atoms with van der Waals surface area (Å²) in [7, 11) is -1.16. The Morgan fingerprint density at radius 1 is 1.09 bits per heavy atom. The lowest BCUT2D eigenvalue weighted by Gasteiger charge is -2.31. The second-order valence-corrected chi connectivity index (χ2v) is 14.8. The van der Waals surface area contributed by atoms with E-state index in [1.54, 1.807) is 0 Å². The molecule has 0 unspecified atom stereocenters. The van der Waals surface area contributed by atoms with Crippen LogP contribution in [-0.2, 0) is 4.12 Å². The van der Waals surface area contributed by atoms with E-state index in [0.717, 1.165) is 0 Å². The molecule has 0 N–H and O–H groups in total. The van der Waals surface area contributed by atoms with Crippen molar-refractivity contribution in [3.63, 3.8) is 0 Å². The fraction of sp³-hybridized carbons (Fsp3) is 1.00. The normalized spacial score (nSPS) is 13.9. The summed E-state index contributed by atoms with van der Waals surface area (Å²) >= 11 is 0. The van der Waals surface area contributed by atoms with Gasteiger partial charge in [0, 0.05) is 10.2 Å². The molecule has 0 saturated carbocycles. The highest BCUT2D eigenvalue weighted by Gasteiger charge is 2.28. The molecule has 11 heavy (non-hydrogen) atoms. The zero-order valence-electron chi connectivity index (χ0n) is 8.82. The van der Waals surface area contributed by atoms with Crippen molar-refractivity contribution in [2.75, 3.05) is 0 Å². The summed E-state index contributed by atoms with van der Waals surface area (Å²) in [4.78, 5) is 0. The Morgan fingerprint density at radius 3 is 1.82 bits per heavy atom. The zero-order valence-corrected chi connectivity index (χ0v) is 12.8. The van der Waals surface area contributed by atoms with Crippen molar-refractivity contribution in [3.05, 3.63) is 0 Å². The lowest BCUT2D eigenvalue weighted by atomic mass is 10.9. The Hall–Kier alpha value is 0.611. The minimum absolute atomic E-state index is 1.24. The quantitative estimate of drug-likeness (QED) is 0.638. The fourth-order valence-corrected chi connectivity index (χ4v) is 13.3. The summed E-state index contributed by atoms with van der Waals surface area (Å²) in [5.74, 6) is 0. The summed E-state index contributed by atoms with van der Waals surface area (Å²) in [5.41, 5.74) is 0. The molecule has 0 aliphatic carbocycles. The molecule has 0 bridgehead atoms. The van der Waals surface area contributed by atoms with Gasteiger partial charge in [0.05, 0.1) is 0 Å². The van der Waals surface area contributed by atoms with Gasteiger partial charge in [0.2, 0.25) is 0 Å². The molecule has 0 fully saturated rings. The van der Waals surface area contributed by atoms with Gasteiger partial charge >= 0.3 is 0 Å². The first-order valence-electron chi connectivity index (χ1n) is 4.47. The van der Waals surface area contributed by atoms with Crippen molar-refractivity contribution in [1.82, 2.24) is 0 Å². The molecule has 0 aliphatic heterocycles. The molecule has 68 valence electrons. The molecular weight excluding hydrogens is 184 g/mol. The molecule has 0 radical (unpaired) electrons. The molecule has 0 spiro atoms. The summed E-state index contributed by atoms with van der Waals surface area (Å²) in [6.45, 7) is 11.6. The van der Waals surface area contributed by atoms with E-state index < -0.39 is 16.6 Å². The monoisotopic (exact) mass is 206 g/mol. The second kappa shape index (κ2) is 4.02. The summed E-state index contributed by atoms with van der Waals surface area (Å²) in [5, 5.41) is 0. The van der Waals surface area contributed by atoms with Crippen molar-refractivity contribution in [2.45, 2.75) is 44.8 Å². The van der Waals surface area contributed by atoms with E-state index in [0.29, 0.717) is 0 Å². The molecule has 0 heterocycles. The van der Waals surface area contributed by atoms with Crippen LogP contribution in [0.15, 0.2) is 0 Å². The van der Waals surface area contributed by atoms with Crippen LogP contribution in [0.2, 0.25) is 44.8 Å². The van der Waals surface area contributed by atoms with Gasteiger partial charge < -0.3 is 4.12 Å². The molecule has 0 aromatic rings. The Balaban J connectivity index is 3.91. The van der Waals surface area contributed by atoms with E-state index in [-0.39, 0.29) is 0 Å². The smallest absolute Gasteiger partial charge is 0.173 e. The van der Waals surface area contributed by atoms with Gasteiger partial charge in [-0.15, -0.1) is 0 Å². The van der Waals surface area contributed by atoms with E-state index in [1.165, 1.54) is 22.3 Å². The van der Waals surface area contributed by atoms with Gasteiger partial charge in [-0.3, -0.25) is 0 Å². The van der Waals surface area contributed by atoms with Gasteiger partial charge in [0.25, 0.3) is 0 Å². The molecule has 0 amide bonds. The van der Waals surface area contributed by atoms with Crippen LogP contribution in [0.25, 0.3) is 0 Å². The van der Waals surface area contributed by atoms with Crippen molar-refractivity contribution < 1.29 is 4.12 Å². The lowest BCUT2D eigenvalue weighted by Crippen LogP contribution is -2.41. The maximum atomic E-state index is 6.17. The molecule has 1 nitrogen and oxygen atoms in total. The topological polar surface area (TPSA) is 9.23 Å². The van der Waals surface area contributed by atoms with Crippen LogP contribution in [-0.4, -0.2) is 26.9 Å². The van der Waals surface area contributed by atoms with Crippen molar-refractivity contribution >= 4 is 26.9 Å². The van der Waals surface area contributed by atoms with E-state index >= 15 is 0 Å². The highest BCUT2D eigenvalue weighted by molar-refractivity contribution is 6.84. The predicted molar refractivity (Wildman–Crippen MR) is 61.5 cm³/mol. The zero-order chi connectivity index (χ0) is 9.12. The second-order valence-electron chi connectivity index (χ2n) is 4.72. The van der Waals surface area contributed by atoms with Crippen LogP contribution in [0, 0.1) is 0 Å². The largest absolute Gasteiger partial charge is 0.456 e. The van der Waals surface area contributed by atoms with E-state index in [9.17, 15) is 0 Å². The third-order valence-corrected chi connectivity index (χ3v) is 9.30. The summed E-state index contributed by atoms with van der Waals surface area (Å²) < 4.78 is 6.17. The summed E-state index contributed by atoms with van der Waals surface area (Å²) in [6, 6.07) is 2.77. The van der Waals surface area contributed by atoms with Crippen LogP contribution in [0.4, 0.5) is 0 Å². The Morgan fingerprint density at radius 2 is 1.55 bits per heavy atom. The first kappa shape index (κ1) is 11.6. The van der Waals surface area contributed by atoms with Crippen LogP contribution in [0.1, 0.15) is 0 Å². The van der Waals surface area contributed by atoms with Crippen LogP contribution >= 0.6 is 0 Å². The van der Waals surface area contributed by atoms with Crippen molar-refractivity contribution in [2.24, 2.45) is 0 Å². The minimum atomic E-state index is -1.25. The molecule has 0 aliphatic rings. The van der Waals surface area contributed by atoms with Crippen LogP contribution in [0.5, 0.6) is 0 Å². The Bertz CT molecular complexity index is 117. The van der Waals surface area contributed by atoms with E-state index in [2.05, 4.69) is 32.7 Å². The number of hydrogen-bond acceptors (Lipinski definition) is 1. The number of rotatable bonds is 4. The van der Waals surface area contributed by atoms with Gasteiger partial charge in [0.1, 0.15) is 0 Å². The SMILES string of the molecule is C[Si](C)(C)O[Si](C)(C)CC[SiH3]. The first-order chi connectivity index (χ1) is 4.77. The Labute approximate surface area is 76.2 Å². The standard InChI is InChI=1S/C7H22OSi3/c1-10(2,3)8-11(4,5)7-6-9/h6-7H2,1-5,9H3. The molecule has 4 heteroatoms. The van der Waals surface area contributed by atoms with E-state index in [4.69, 9.17) is 4.12 Å². The van der Waals surface area contributed by atoms with E-state index in [1.807, 2.05) is 0 Å². The van der Waals surface area contributed by atoms with Gasteiger partial charge in [-0.1, -0.05) is 6.04 Å². The molecule has 0 rings (SSSR count). The van der Waals surface area contributed by atoms with Gasteiger partial charge in [-0.25, -0.2) is 0 Å². The lowest BCUT2D eigenvalue weighted by molar-refractivity contribution is 0.550. The molecule has 0 aromatic carbocycles. The van der Waals surface area contributed by atoms with Gasteiger partial charge in [-0.2, -0.15) is 0 Å². The van der Waals surface area contributed by atoms with Crippen molar-refractivity contribution in [3.8, 4) is 0 Å². The van der Waals surface area contributed by atoms with Crippen molar-refractivity contribution in [1.29, 1.82) is 0 Å². The van der Waals surface area contributed by atoms with Crippen LogP contribution < -0.4 is 0 Å². The van der Waals surface area contributed by atoms with Crippen LogP contribution in [0.3, 0.4) is 0 Å². The first-order valence-corrected chi connectivity index (χ1v) is 12.4.